The van der Waals surface area contributed by atoms with Gasteiger partial charge in [0.05, 0.1) is 0 Å². The van der Waals surface area contributed by atoms with E-state index in [0.29, 0.717) is 12.5 Å². The molecule has 0 rings (SSSR count). The van der Waals surface area contributed by atoms with E-state index in [-0.39, 0.29) is 11.9 Å². The Morgan fingerprint density at radius 2 is 2.00 bits per heavy atom. The minimum Gasteiger partial charge on any atom is -0.359 e. The lowest BCUT2D eigenvalue weighted by molar-refractivity contribution is -0.121. The fourth-order valence-electron chi connectivity index (χ4n) is 1.48. The second-order valence-electron chi connectivity index (χ2n) is 4.21. The molecule has 2 atom stereocenters. The number of carbonyl (C=O) groups is 1. The Kier molecular flexibility index (Phi) is 7.34. The third kappa shape index (κ3) is 6.47. The number of nitrogens with one attached hydrogen (secondary N) is 2. The number of amides is 1. The van der Waals surface area contributed by atoms with E-state index in [2.05, 4.69) is 36.6 Å². The third-order valence-corrected chi connectivity index (χ3v) is 2.67. The molecule has 0 bridgehead atoms. The normalized spacial score (nSPS) is 15.1. The zero-order valence-corrected chi connectivity index (χ0v) is 10.6. The van der Waals surface area contributed by atoms with E-state index in [9.17, 15) is 4.79 Å². The molecule has 4 heteroatoms. The van der Waals surface area contributed by atoms with Gasteiger partial charge in [0.25, 0.3) is 0 Å². The summed E-state index contributed by atoms with van der Waals surface area (Å²) in [5.74, 6) is 0.0906. The van der Waals surface area contributed by atoms with Crippen molar-refractivity contribution in [2.45, 2.75) is 38.8 Å². The molecule has 0 saturated heterocycles. The zero-order chi connectivity index (χ0) is 11.8. The predicted octanol–water partition coefficient (Wildman–Crippen LogP) is 0.441. The highest BCUT2D eigenvalue weighted by Gasteiger charge is 2.11. The van der Waals surface area contributed by atoms with Gasteiger partial charge in [0.1, 0.15) is 0 Å². The summed E-state index contributed by atoms with van der Waals surface area (Å²) in [6.07, 6.45) is 1.66. The van der Waals surface area contributed by atoms with Crippen molar-refractivity contribution in [2.24, 2.45) is 0 Å². The van der Waals surface area contributed by atoms with Crippen molar-refractivity contribution in [1.29, 1.82) is 0 Å². The first-order chi connectivity index (χ1) is 7.01. The highest BCUT2D eigenvalue weighted by atomic mass is 16.1. The molecule has 2 unspecified atom stereocenters. The largest absolute Gasteiger partial charge is 0.359 e. The van der Waals surface area contributed by atoms with E-state index in [0.717, 1.165) is 13.0 Å². The predicted molar refractivity (Wildman–Crippen MR) is 63.9 cm³/mol. The second kappa shape index (κ2) is 7.65. The van der Waals surface area contributed by atoms with Crippen molar-refractivity contribution in [2.75, 3.05) is 27.7 Å². The molecule has 0 aliphatic rings. The van der Waals surface area contributed by atoms with Gasteiger partial charge >= 0.3 is 0 Å². The van der Waals surface area contributed by atoms with Gasteiger partial charge in [-0.05, 0) is 27.4 Å². The van der Waals surface area contributed by atoms with Gasteiger partial charge in [-0.15, -0.1) is 0 Å². The fourth-order valence-corrected chi connectivity index (χ4v) is 1.48. The average molecular weight is 215 g/mol. The molecule has 0 aromatic heterocycles. The molecular weight excluding hydrogens is 190 g/mol. The molecule has 90 valence electrons. The van der Waals surface area contributed by atoms with Crippen LogP contribution in [0.1, 0.15) is 26.7 Å². The van der Waals surface area contributed by atoms with Crippen LogP contribution in [0.2, 0.25) is 0 Å². The lowest BCUT2D eigenvalue weighted by atomic mass is 10.1. The van der Waals surface area contributed by atoms with E-state index in [1.807, 2.05) is 6.92 Å². The summed E-state index contributed by atoms with van der Waals surface area (Å²) in [7, 11) is 5.84. The number of hydrogen-bond acceptors (Lipinski definition) is 3. The van der Waals surface area contributed by atoms with Crippen LogP contribution in [0.25, 0.3) is 0 Å². The maximum atomic E-state index is 11.1. The van der Waals surface area contributed by atoms with E-state index in [1.54, 1.807) is 7.05 Å². The Balaban J connectivity index is 3.77. The quantitative estimate of drug-likeness (QED) is 0.648. The van der Waals surface area contributed by atoms with Crippen LogP contribution in [-0.2, 0) is 4.79 Å². The molecule has 0 saturated carbocycles. The molecule has 15 heavy (non-hydrogen) atoms. The molecule has 1 amide bonds. The van der Waals surface area contributed by atoms with Crippen molar-refractivity contribution in [3.63, 3.8) is 0 Å². The van der Waals surface area contributed by atoms with Crippen LogP contribution in [0.15, 0.2) is 0 Å². The van der Waals surface area contributed by atoms with E-state index in [1.165, 1.54) is 0 Å². The lowest BCUT2D eigenvalue weighted by Gasteiger charge is -2.25. The van der Waals surface area contributed by atoms with Crippen molar-refractivity contribution >= 4 is 5.91 Å². The topological polar surface area (TPSA) is 44.4 Å². The van der Waals surface area contributed by atoms with Crippen molar-refractivity contribution < 1.29 is 4.79 Å². The Morgan fingerprint density at radius 3 is 2.40 bits per heavy atom. The van der Waals surface area contributed by atoms with Crippen LogP contribution in [-0.4, -0.2) is 50.6 Å². The summed E-state index contributed by atoms with van der Waals surface area (Å²) >= 11 is 0. The summed E-state index contributed by atoms with van der Waals surface area (Å²) in [6.45, 7) is 5.15. The standard InChI is InChI=1S/C11H25N3O/c1-6-10(14(4)5)8-13-9(2)7-11(15)12-3/h9-10,13H,6-8H2,1-5H3,(H,12,15). The Bertz CT molecular complexity index is 183. The number of hydrogen-bond donors (Lipinski definition) is 2. The van der Waals surface area contributed by atoms with Gasteiger partial charge in [0, 0.05) is 32.1 Å². The molecule has 0 aromatic rings. The highest BCUT2D eigenvalue weighted by molar-refractivity contribution is 5.76. The van der Waals surface area contributed by atoms with Crippen LogP contribution in [0, 0.1) is 0 Å². The van der Waals surface area contributed by atoms with Gasteiger partial charge in [-0.3, -0.25) is 4.79 Å². The van der Waals surface area contributed by atoms with Crippen molar-refractivity contribution in [3.8, 4) is 0 Å². The van der Waals surface area contributed by atoms with E-state index < -0.39 is 0 Å². The van der Waals surface area contributed by atoms with Gasteiger partial charge in [-0.2, -0.15) is 0 Å². The number of likely N-dealkylation sites (N-methyl/N-ethyl adjacent to an activating group) is 1. The first-order valence-corrected chi connectivity index (χ1v) is 5.61. The zero-order valence-electron chi connectivity index (χ0n) is 10.6. The average Bonchev–Trinajstić information content (AvgIpc) is 2.17. The molecule has 0 radical (unpaired) electrons. The summed E-state index contributed by atoms with van der Waals surface area (Å²) in [5, 5.41) is 6.01. The first-order valence-electron chi connectivity index (χ1n) is 5.61. The molecule has 0 aliphatic carbocycles. The molecule has 2 N–H and O–H groups in total. The van der Waals surface area contributed by atoms with Gasteiger partial charge in [-0.25, -0.2) is 0 Å². The maximum Gasteiger partial charge on any atom is 0.221 e. The molecule has 0 spiro atoms. The lowest BCUT2D eigenvalue weighted by Crippen LogP contribution is -2.42. The van der Waals surface area contributed by atoms with Gasteiger partial charge in [0.15, 0.2) is 0 Å². The Hall–Kier alpha value is -0.610. The maximum absolute atomic E-state index is 11.1. The Morgan fingerprint density at radius 1 is 1.40 bits per heavy atom. The third-order valence-electron chi connectivity index (χ3n) is 2.67. The summed E-state index contributed by atoms with van der Waals surface area (Å²) in [5.41, 5.74) is 0. The second-order valence-corrected chi connectivity index (χ2v) is 4.21. The first kappa shape index (κ1) is 14.4. The van der Waals surface area contributed by atoms with E-state index >= 15 is 0 Å². The molecule has 0 heterocycles. The van der Waals surface area contributed by atoms with Crippen LogP contribution in [0.4, 0.5) is 0 Å². The number of nitrogens with zero attached hydrogens (tertiary/aromatic N) is 1. The minimum atomic E-state index is 0.0906. The SMILES string of the molecule is CCC(CNC(C)CC(=O)NC)N(C)C. The smallest absolute Gasteiger partial charge is 0.221 e. The number of rotatable bonds is 7. The fraction of sp³-hybridized carbons (Fsp3) is 0.909. The molecule has 0 fully saturated rings. The van der Waals surface area contributed by atoms with Crippen LogP contribution >= 0.6 is 0 Å². The highest BCUT2D eigenvalue weighted by Crippen LogP contribution is 1.98. The summed E-state index contributed by atoms with van der Waals surface area (Å²) < 4.78 is 0. The van der Waals surface area contributed by atoms with Crippen LogP contribution in [0.3, 0.4) is 0 Å². The summed E-state index contributed by atoms with van der Waals surface area (Å²) in [6, 6.07) is 0.774. The Labute approximate surface area is 93.4 Å². The minimum absolute atomic E-state index is 0.0906. The van der Waals surface area contributed by atoms with Gasteiger partial charge < -0.3 is 15.5 Å². The van der Waals surface area contributed by atoms with Gasteiger partial charge in [0.2, 0.25) is 5.91 Å². The van der Waals surface area contributed by atoms with E-state index in [4.69, 9.17) is 0 Å². The summed E-state index contributed by atoms with van der Waals surface area (Å²) in [4.78, 5) is 13.3. The van der Waals surface area contributed by atoms with Crippen molar-refractivity contribution in [3.05, 3.63) is 0 Å². The molecule has 4 nitrogen and oxygen atoms in total. The molecule has 0 aliphatic heterocycles. The molecule has 0 aromatic carbocycles. The van der Waals surface area contributed by atoms with Crippen molar-refractivity contribution in [1.82, 2.24) is 15.5 Å². The van der Waals surface area contributed by atoms with Crippen LogP contribution in [0.5, 0.6) is 0 Å². The number of carbonyl (C=O) groups excluding carboxylic acids is 1. The monoisotopic (exact) mass is 215 g/mol. The molecular formula is C11H25N3O. The van der Waals surface area contributed by atoms with Crippen LogP contribution < -0.4 is 10.6 Å². The van der Waals surface area contributed by atoms with Gasteiger partial charge in [-0.1, -0.05) is 6.92 Å².